The van der Waals surface area contributed by atoms with E-state index in [1.165, 1.54) is 0 Å². The Bertz CT molecular complexity index is 1140. The predicted molar refractivity (Wildman–Crippen MR) is 157 cm³/mol. The van der Waals surface area contributed by atoms with Crippen molar-refractivity contribution in [3.8, 4) is 0 Å². The van der Waals surface area contributed by atoms with Crippen molar-refractivity contribution >= 4 is 11.8 Å². The first kappa shape index (κ1) is 41.9. The van der Waals surface area contributed by atoms with Gasteiger partial charge in [-0.3, -0.25) is 9.59 Å². The van der Waals surface area contributed by atoms with Gasteiger partial charge in [-0.15, -0.1) is 0 Å². The third-order valence-corrected chi connectivity index (χ3v) is 9.01. The van der Waals surface area contributed by atoms with Crippen LogP contribution in [0.2, 0.25) is 0 Å². The molecular weight excluding hydrogens is 700 g/mol. The molecule has 2 amide bonds. The fourth-order valence-corrected chi connectivity index (χ4v) is 6.36. The van der Waals surface area contributed by atoms with Crippen LogP contribution in [0.15, 0.2) is 0 Å². The molecule has 4 heterocycles. The zero-order chi connectivity index (χ0) is 37.9. The maximum Gasteiger partial charge on any atom is 0.217 e. The summed E-state index contributed by atoms with van der Waals surface area (Å²) in [7, 11) is 0. The highest BCUT2D eigenvalue weighted by Crippen LogP contribution is 2.34. The van der Waals surface area contributed by atoms with Crippen molar-refractivity contribution in [2.75, 3.05) is 26.4 Å². The Hall–Kier alpha value is -1.82. The lowest BCUT2D eigenvalue weighted by Crippen LogP contribution is -2.70. The van der Waals surface area contributed by atoms with Crippen molar-refractivity contribution in [1.29, 1.82) is 0 Å². The minimum atomic E-state index is -2.03. The smallest absolute Gasteiger partial charge is 0.217 e. The minimum Gasteiger partial charge on any atom is -0.394 e. The number of aliphatic hydroxyl groups is 12. The molecule has 4 saturated heterocycles. The van der Waals surface area contributed by atoms with Crippen molar-refractivity contribution in [2.24, 2.45) is 0 Å². The molecular formula is C28H48N2O21. The van der Waals surface area contributed by atoms with Gasteiger partial charge in [0.1, 0.15) is 97.5 Å². The Kier molecular flexibility index (Phi) is 14.8. The van der Waals surface area contributed by atoms with E-state index in [1.54, 1.807) is 0 Å². The molecule has 0 aliphatic carbocycles. The van der Waals surface area contributed by atoms with Gasteiger partial charge in [0.15, 0.2) is 25.2 Å². The molecule has 0 bridgehead atoms. The topological polar surface area (TPSA) is 366 Å². The largest absolute Gasteiger partial charge is 0.394 e. The first-order valence-electron chi connectivity index (χ1n) is 16.1. The molecule has 0 spiro atoms. The van der Waals surface area contributed by atoms with Crippen molar-refractivity contribution in [3.63, 3.8) is 0 Å². The molecule has 14 N–H and O–H groups in total. The van der Waals surface area contributed by atoms with Gasteiger partial charge in [-0.05, 0) is 0 Å². The Morgan fingerprint density at radius 3 is 1.33 bits per heavy atom. The summed E-state index contributed by atoms with van der Waals surface area (Å²) in [6, 6.07) is -3.03. The zero-order valence-electron chi connectivity index (χ0n) is 27.4. The molecule has 0 aromatic rings. The summed E-state index contributed by atoms with van der Waals surface area (Å²) in [5.41, 5.74) is 0. The summed E-state index contributed by atoms with van der Waals surface area (Å²) in [6.07, 6.45) is -31.1. The number of amides is 2. The van der Waals surface area contributed by atoms with Crippen LogP contribution in [0.5, 0.6) is 0 Å². The highest BCUT2D eigenvalue weighted by molar-refractivity contribution is 5.73. The fraction of sp³-hybridized carbons (Fsp3) is 0.929. The first-order chi connectivity index (χ1) is 24.1. The highest BCUT2D eigenvalue weighted by atomic mass is 16.8. The lowest BCUT2D eigenvalue weighted by atomic mass is 9.94. The van der Waals surface area contributed by atoms with Crippen molar-refractivity contribution in [1.82, 2.24) is 10.6 Å². The van der Waals surface area contributed by atoms with Crippen LogP contribution < -0.4 is 10.6 Å². The van der Waals surface area contributed by atoms with Gasteiger partial charge in [0.2, 0.25) is 11.8 Å². The lowest BCUT2D eigenvalue weighted by Gasteiger charge is -2.50. The average Bonchev–Trinajstić information content (AvgIpc) is 3.09. The average molecular weight is 749 g/mol. The van der Waals surface area contributed by atoms with Gasteiger partial charge >= 0.3 is 0 Å². The molecule has 20 atom stereocenters. The summed E-state index contributed by atoms with van der Waals surface area (Å²) in [6.45, 7) is -1.26. The maximum atomic E-state index is 12.2. The van der Waals surface area contributed by atoms with Crippen molar-refractivity contribution in [3.05, 3.63) is 0 Å². The number of aliphatic hydroxyl groups excluding tert-OH is 12. The lowest BCUT2D eigenvalue weighted by molar-refractivity contribution is -0.376. The molecule has 0 saturated carbocycles. The molecule has 0 aromatic heterocycles. The molecule has 1 unspecified atom stereocenters. The van der Waals surface area contributed by atoms with E-state index >= 15 is 0 Å². The number of carbonyl (C=O) groups is 2. The van der Waals surface area contributed by atoms with Gasteiger partial charge in [0.25, 0.3) is 0 Å². The second-order valence-corrected chi connectivity index (χ2v) is 12.6. The van der Waals surface area contributed by atoms with E-state index in [1.807, 2.05) is 0 Å². The summed E-state index contributed by atoms with van der Waals surface area (Å²) < 4.78 is 39.1. The van der Waals surface area contributed by atoms with Crippen LogP contribution in [0.1, 0.15) is 13.8 Å². The summed E-state index contributed by atoms with van der Waals surface area (Å²) in [4.78, 5) is 23.8. The summed E-state index contributed by atoms with van der Waals surface area (Å²) in [5.74, 6) is -1.40. The molecule has 51 heavy (non-hydrogen) atoms. The third-order valence-electron chi connectivity index (χ3n) is 9.01. The second kappa shape index (κ2) is 18.0. The van der Waals surface area contributed by atoms with Gasteiger partial charge in [-0.25, -0.2) is 0 Å². The van der Waals surface area contributed by atoms with Gasteiger partial charge in [0, 0.05) is 13.8 Å². The quantitative estimate of drug-likeness (QED) is 0.0881. The van der Waals surface area contributed by atoms with Crippen molar-refractivity contribution in [2.45, 2.75) is 137 Å². The predicted octanol–water partition coefficient (Wildman–Crippen LogP) is -9.46. The molecule has 23 heteroatoms. The van der Waals surface area contributed by atoms with E-state index in [4.69, 9.17) is 33.2 Å². The third kappa shape index (κ3) is 9.11. The molecule has 4 rings (SSSR count). The molecule has 23 nitrogen and oxygen atoms in total. The van der Waals surface area contributed by atoms with E-state index in [9.17, 15) is 70.9 Å². The van der Waals surface area contributed by atoms with Crippen LogP contribution in [0, 0.1) is 0 Å². The zero-order valence-corrected chi connectivity index (χ0v) is 27.4. The maximum absolute atomic E-state index is 12.2. The van der Waals surface area contributed by atoms with Gasteiger partial charge in [-0.2, -0.15) is 0 Å². The van der Waals surface area contributed by atoms with Crippen LogP contribution >= 0.6 is 0 Å². The standard InChI is InChI=1S/C28H48N2O21/c1-7(35)29-13-16(38)22(10(4-32)45-25(13)44)50-28-21(43)19(41)24(12(6-34)48-28)49-26-14(30-8(2)36)17(39)23(11(5-33)47-26)51-27-20(42)18(40)15(37)9(3-31)46-27/h9-28,31-34,37-44H,3-6H2,1-2H3,(H,29,35)(H,30,36)/t9-,10-,11-,12-,13-,14-,15+,16-,17-,18+,19-,20-,21-,22-,23-,24+,25?,26+,27+,28+/m1/s1. The normalized spacial score (nSPS) is 47.8. The van der Waals surface area contributed by atoms with E-state index < -0.39 is 161 Å². The monoisotopic (exact) mass is 748 g/mol. The molecule has 4 aliphatic heterocycles. The van der Waals surface area contributed by atoms with Crippen LogP contribution in [0.3, 0.4) is 0 Å². The van der Waals surface area contributed by atoms with E-state index in [-0.39, 0.29) is 0 Å². The van der Waals surface area contributed by atoms with Crippen LogP contribution in [-0.4, -0.2) is 222 Å². The number of ether oxygens (including phenoxy) is 7. The number of rotatable bonds is 12. The van der Waals surface area contributed by atoms with Gasteiger partial charge in [0.05, 0.1) is 26.4 Å². The van der Waals surface area contributed by atoms with Crippen LogP contribution in [0.25, 0.3) is 0 Å². The number of hydrogen-bond acceptors (Lipinski definition) is 21. The highest BCUT2D eigenvalue weighted by Gasteiger charge is 2.55. The Labute approximate surface area is 289 Å². The number of hydrogen-bond donors (Lipinski definition) is 14. The van der Waals surface area contributed by atoms with Crippen LogP contribution in [0.4, 0.5) is 0 Å². The summed E-state index contributed by atoms with van der Waals surface area (Å²) >= 11 is 0. The Morgan fingerprint density at radius 2 is 0.843 bits per heavy atom. The number of carbonyl (C=O) groups excluding carboxylic acids is 2. The van der Waals surface area contributed by atoms with E-state index in [0.717, 1.165) is 13.8 Å². The Morgan fingerprint density at radius 1 is 0.471 bits per heavy atom. The minimum absolute atomic E-state index is 0.657. The fourth-order valence-electron chi connectivity index (χ4n) is 6.36. The second-order valence-electron chi connectivity index (χ2n) is 12.6. The molecule has 0 radical (unpaired) electrons. The van der Waals surface area contributed by atoms with Crippen molar-refractivity contribution < 1.29 is 104 Å². The van der Waals surface area contributed by atoms with E-state index in [0.29, 0.717) is 0 Å². The summed E-state index contributed by atoms with van der Waals surface area (Å²) in [5, 5.41) is 129. The SMILES string of the molecule is CC(=O)N[C@H]1[C@H](O[C@@H]2[C@H](O)[C@@H](O)[C@H](O[C@H]3[C@H](O)[C@@H](NC(C)=O)C(O)O[C@@H]3CO)O[C@@H]2CO)O[C@H](CO)[C@@H](O[C@@H]2O[C@H](CO)[C@H](O)[C@H](O)[C@H]2O)[C@@H]1O. The van der Waals surface area contributed by atoms with Crippen LogP contribution in [-0.2, 0) is 42.7 Å². The molecule has 296 valence electrons. The Balaban J connectivity index is 1.51. The number of nitrogens with one attached hydrogen (secondary N) is 2. The first-order valence-corrected chi connectivity index (χ1v) is 16.1. The van der Waals surface area contributed by atoms with E-state index in [2.05, 4.69) is 10.6 Å². The van der Waals surface area contributed by atoms with Gasteiger partial charge < -0.3 is 105 Å². The molecule has 0 aromatic carbocycles. The molecule has 4 aliphatic rings. The molecule has 4 fully saturated rings. The van der Waals surface area contributed by atoms with Gasteiger partial charge in [-0.1, -0.05) is 0 Å².